The van der Waals surface area contributed by atoms with E-state index in [0.29, 0.717) is 5.54 Å². The van der Waals surface area contributed by atoms with Crippen LogP contribution in [0.2, 0.25) is 0 Å². The molecular formula is C14H27N3. The summed E-state index contributed by atoms with van der Waals surface area (Å²) in [5, 5.41) is 3.45. The van der Waals surface area contributed by atoms with Crippen molar-refractivity contribution in [3.05, 3.63) is 0 Å². The van der Waals surface area contributed by atoms with E-state index in [1.807, 2.05) is 0 Å². The lowest BCUT2D eigenvalue weighted by Gasteiger charge is -2.44. The van der Waals surface area contributed by atoms with Gasteiger partial charge < -0.3 is 5.32 Å². The molecule has 0 radical (unpaired) electrons. The number of hydrogen-bond acceptors (Lipinski definition) is 3. The highest BCUT2D eigenvalue weighted by molar-refractivity contribution is 4.96. The average molecular weight is 237 g/mol. The van der Waals surface area contributed by atoms with Crippen molar-refractivity contribution >= 4 is 0 Å². The van der Waals surface area contributed by atoms with Crippen molar-refractivity contribution in [3.8, 4) is 0 Å². The molecule has 1 aliphatic carbocycles. The summed E-state index contributed by atoms with van der Waals surface area (Å²) in [4.78, 5) is 5.45. The van der Waals surface area contributed by atoms with Crippen molar-refractivity contribution in [3.63, 3.8) is 0 Å². The third-order valence-corrected chi connectivity index (χ3v) is 5.09. The maximum Gasteiger partial charge on any atom is 0.0281 e. The molecule has 17 heavy (non-hydrogen) atoms. The van der Waals surface area contributed by atoms with Gasteiger partial charge >= 0.3 is 0 Å². The molecule has 3 fully saturated rings. The molecule has 1 saturated carbocycles. The second-order valence-corrected chi connectivity index (χ2v) is 6.81. The first kappa shape index (κ1) is 11.9. The zero-order valence-electron chi connectivity index (χ0n) is 11.4. The second-order valence-electron chi connectivity index (χ2n) is 6.81. The molecular weight excluding hydrogens is 210 g/mol. The Balaban J connectivity index is 1.59. The van der Waals surface area contributed by atoms with E-state index >= 15 is 0 Å². The smallest absolute Gasteiger partial charge is 0.0281 e. The zero-order valence-corrected chi connectivity index (χ0v) is 11.4. The van der Waals surface area contributed by atoms with Crippen LogP contribution < -0.4 is 5.32 Å². The van der Waals surface area contributed by atoms with E-state index in [9.17, 15) is 0 Å². The molecule has 0 aromatic rings. The van der Waals surface area contributed by atoms with Gasteiger partial charge in [-0.15, -0.1) is 0 Å². The monoisotopic (exact) mass is 237 g/mol. The third kappa shape index (κ3) is 2.38. The van der Waals surface area contributed by atoms with Gasteiger partial charge in [0.1, 0.15) is 0 Å². The number of piperazine rings is 1. The first-order valence-corrected chi connectivity index (χ1v) is 7.35. The Morgan fingerprint density at radius 1 is 1.18 bits per heavy atom. The van der Waals surface area contributed by atoms with Crippen LogP contribution in [0.25, 0.3) is 0 Å². The standard InChI is InChI=1S/C14H27N3/c1-14(2,17-7-5-15-6-8-17)11-16-10-12-3-4-13(16)9-12/h12-13,15H,3-11H2,1-2H3. The lowest BCUT2D eigenvalue weighted by molar-refractivity contribution is 0.0521. The van der Waals surface area contributed by atoms with Crippen molar-refractivity contribution in [1.82, 2.24) is 15.1 Å². The van der Waals surface area contributed by atoms with Crippen LogP contribution in [0.3, 0.4) is 0 Å². The minimum Gasteiger partial charge on any atom is -0.314 e. The number of likely N-dealkylation sites (tertiary alicyclic amines) is 1. The Morgan fingerprint density at radius 3 is 2.53 bits per heavy atom. The molecule has 3 heteroatoms. The summed E-state index contributed by atoms with van der Waals surface area (Å²) >= 11 is 0. The number of fused-ring (bicyclic) bond motifs is 2. The van der Waals surface area contributed by atoms with Gasteiger partial charge in [-0.25, -0.2) is 0 Å². The molecule has 3 aliphatic rings. The first-order chi connectivity index (χ1) is 8.15. The molecule has 2 heterocycles. The fourth-order valence-electron chi connectivity index (χ4n) is 4.09. The molecule has 2 saturated heterocycles. The molecule has 2 atom stereocenters. The van der Waals surface area contributed by atoms with E-state index in [0.717, 1.165) is 25.0 Å². The lowest BCUT2D eigenvalue weighted by Crippen LogP contribution is -2.58. The topological polar surface area (TPSA) is 18.5 Å². The Hall–Kier alpha value is -0.120. The molecule has 1 N–H and O–H groups in total. The van der Waals surface area contributed by atoms with E-state index in [1.165, 1.54) is 45.4 Å². The van der Waals surface area contributed by atoms with Crippen LogP contribution in [-0.4, -0.2) is 60.6 Å². The van der Waals surface area contributed by atoms with Gasteiger partial charge in [0.25, 0.3) is 0 Å². The van der Waals surface area contributed by atoms with Gasteiger partial charge in [-0.1, -0.05) is 0 Å². The summed E-state index contributed by atoms with van der Waals surface area (Å²) < 4.78 is 0. The Morgan fingerprint density at radius 2 is 1.94 bits per heavy atom. The van der Waals surface area contributed by atoms with E-state index in [-0.39, 0.29) is 0 Å². The zero-order chi connectivity index (χ0) is 11.9. The van der Waals surface area contributed by atoms with E-state index < -0.39 is 0 Å². The summed E-state index contributed by atoms with van der Waals surface area (Å²) in [6.07, 6.45) is 4.44. The summed E-state index contributed by atoms with van der Waals surface area (Å²) in [6.45, 7) is 12.3. The maximum absolute atomic E-state index is 3.45. The van der Waals surface area contributed by atoms with Crippen molar-refractivity contribution in [2.75, 3.05) is 39.3 Å². The molecule has 2 bridgehead atoms. The van der Waals surface area contributed by atoms with Gasteiger partial charge in [-0.2, -0.15) is 0 Å². The molecule has 0 amide bonds. The van der Waals surface area contributed by atoms with E-state index in [2.05, 4.69) is 29.0 Å². The van der Waals surface area contributed by atoms with Gasteiger partial charge in [0.15, 0.2) is 0 Å². The number of piperidine rings is 1. The maximum atomic E-state index is 3.45. The normalized spacial score (nSPS) is 35.6. The van der Waals surface area contributed by atoms with Crippen molar-refractivity contribution in [1.29, 1.82) is 0 Å². The first-order valence-electron chi connectivity index (χ1n) is 7.35. The van der Waals surface area contributed by atoms with Crippen molar-refractivity contribution < 1.29 is 0 Å². The minimum absolute atomic E-state index is 0.354. The lowest BCUT2D eigenvalue weighted by atomic mass is 9.99. The predicted octanol–water partition coefficient (Wildman–Crippen LogP) is 1.15. The molecule has 3 rings (SSSR count). The number of nitrogens with one attached hydrogen (secondary N) is 1. The quantitative estimate of drug-likeness (QED) is 0.794. The van der Waals surface area contributed by atoms with Crippen LogP contribution in [-0.2, 0) is 0 Å². The summed E-state index contributed by atoms with van der Waals surface area (Å²) in [5.74, 6) is 1.03. The third-order valence-electron chi connectivity index (χ3n) is 5.09. The predicted molar refractivity (Wildman–Crippen MR) is 71.2 cm³/mol. The highest BCUT2D eigenvalue weighted by atomic mass is 15.3. The molecule has 0 spiro atoms. The molecule has 2 unspecified atom stereocenters. The largest absolute Gasteiger partial charge is 0.314 e. The van der Waals surface area contributed by atoms with Crippen LogP contribution in [0.5, 0.6) is 0 Å². The molecule has 2 aliphatic heterocycles. The van der Waals surface area contributed by atoms with Crippen LogP contribution in [0.15, 0.2) is 0 Å². The van der Waals surface area contributed by atoms with E-state index in [1.54, 1.807) is 0 Å². The van der Waals surface area contributed by atoms with E-state index in [4.69, 9.17) is 0 Å². The number of nitrogens with zero attached hydrogens (tertiary/aromatic N) is 2. The van der Waals surface area contributed by atoms with Crippen LogP contribution >= 0.6 is 0 Å². The van der Waals surface area contributed by atoms with Crippen LogP contribution in [0.4, 0.5) is 0 Å². The Kier molecular flexibility index (Phi) is 3.18. The fourth-order valence-corrected chi connectivity index (χ4v) is 4.09. The highest BCUT2D eigenvalue weighted by Gasteiger charge is 2.41. The van der Waals surface area contributed by atoms with Crippen LogP contribution in [0, 0.1) is 5.92 Å². The molecule has 0 aromatic heterocycles. The average Bonchev–Trinajstić information content (AvgIpc) is 2.91. The Labute approximate surface area is 106 Å². The van der Waals surface area contributed by atoms with Crippen molar-refractivity contribution in [2.24, 2.45) is 5.92 Å². The number of hydrogen-bond donors (Lipinski definition) is 1. The SMILES string of the molecule is CC(C)(CN1CC2CCC1C2)N1CCNCC1. The number of rotatable bonds is 3. The second kappa shape index (κ2) is 4.52. The van der Waals surface area contributed by atoms with Gasteiger partial charge in [0.2, 0.25) is 0 Å². The Bertz CT molecular complexity index is 271. The molecule has 3 nitrogen and oxygen atoms in total. The summed E-state index contributed by atoms with van der Waals surface area (Å²) in [6, 6.07) is 0.919. The minimum atomic E-state index is 0.354. The van der Waals surface area contributed by atoms with Crippen LogP contribution in [0.1, 0.15) is 33.1 Å². The summed E-state index contributed by atoms with van der Waals surface area (Å²) in [5.41, 5.74) is 0.354. The van der Waals surface area contributed by atoms with Crippen molar-refractivity contribution in [2.45, 2.75) is 44.7 Å². The van der Waals surface area contributed by atoms with Gasteiger partial charge in [-0.05, 0) is 39.0 Å². The summed E-state index contributed by atoms with van der Waals surface area (Å²) in [7, 11) is 0. The highest BCUT2D eigenvalue weighted by Crippen LogP contribution is 2.38. The van der Waals surface area contributed by atoms with Gasteiger partial charge in [-0.3, -0.25) is 9.80 Å². The van der Waals surface area contributed by atoms with Gasteiger partial charge in [0, 0.05) is 50.8 Å². The van der Waals surface area contributed by atoms with Gasteiger partial charge in [0.05, 0.1) is 0 Å². The fraction of sp³-hybridized carbons (Fsp3) is 1.00. The molecule has 98 valence electrons. The molecule has 0 aromatic carbocycles.